The summed E-state index contributed by atoms with van der Waals surface area (Å²) in [5, 5.41) is -0.209. The molecule has 0 aromatic heterocycles. The minimum absolute atomic E-state index is 0.100. The van der Waals surface area contributed by atoms with Crippen molar-refractivity contribution in [1.29, 1.82) is 0 Å². The van der Waals surface area contributed by atoms with Crippen molar-refractivity contribution in [2.75, 3.05) is 6.54 Å². The molecule has 1 fully saturated rings. The number of ether oxygens (including phenoxy) is 2. The molecule has 2 aromatic carbocycles. The number of rotatable bonds is 6. The van der Waals surface area contributed by atoms with Crippen LogP contribution in [0.15, 0.2) is 30.3 Å². The third-order valence-corrected chi connectivity index (χ3v) is 11.1. The number of halogens is 5. The van der Waals surface area contributed by atoms with E-state index >= 15 is 0 Å². The van der Waals surface area contributed by atoms with Crippen LogP contribution in [0.3, 0.4) is 0 Å². The van der Waals surface area contributed by atoms with Crippen LogP contribution in [0.5, 0.6) is 5.75 Å². The first-order valence-corrected chi connectivity index (χ1v) is 14.4. The maximum Gasteiger partial charge on any atom is 0.410 e. The van der Waals surface area contributed by atoms with E-state index in [2.05, 4.69) is 4.74 Å². The van der Waals surface area contributed by atoms with Gasteiger partial charge in [-0.05, 0) is 23.7 Å². The molecular formula is C25H28F5NO5Si. The van der Waals surface area contributed by atoms with Gasteiger partial charge in [0.05, 0.1) is 6.10 Å². The number of nitrogens with zero attached hydrogens (tertiary/aromatic N) is 1. The summed E-state index contributed by atoms with van der Waals surface area (Å²) in [6, 6.07) is 7.25. The van der Waals surface area contributed by atoms with Gasteiger partial charge < -0.3 is 13.9 Å². The molecule has 0 spiro atoms. The van der Waals surface area contributed by atoms with Gasteiger partial charge in [0.2, 0.25) is 34.8 Å². The number of hydrogen-bond acceptors (Lipinski definition) is 5. The summed E-state index contributed by atoms with van der Waals surface area (Å²) in [5.41, 5.74) is 0.671. The van der Waals surface area contributed by atoms with Crippen LogP contribution in [0.2, 0.25) is 18.1 Å². The Balaban J connectivity index is 1.86. The van der Waals surface area contributed by atoms with Crippen LogP contribution < -0.4 is 4.74 Å². The Hall–Kier alpha value is -2.99. The van der Waals surface area contributed by atoms with E-state index in [1.165, 1.54) is 0 Å². The third kappa shape index (κ3) is 6.12. The van der Waals surface area contributed by atoms with Crippen LogP contribution in [0.1, 0.15) is 32.8 Å². The Bertz CT molecular complexity index is 1140. The molecule has 1 saturated heterocycles. The highest BCUT2D eigenvalue weighted by Crippen LogP contribution is 2.39. The lowest BCUT2D eigenvalue weighted by Gasteiger charge is -2.38. The summed E-state index contributed by atoms with van der Waals surface area (Å²) >= 11 is 0. The fourth-order valence-corrected chi connectivity index (χ4v) is 4.90. The highest BCUT2D eigenvalue weighted by atomic mass is 28.4. The van der Waals surface area contributed by atoms with Gasteiger partial charge in [-0.3, -0.25) is 4.90 Å². The van der Waals surface area contributed by atoms with Crippen molar-refractivity contribution < 1.29 is 45.4 Å². The van der Waals surface area contributed by atoms with Crippen molar-refractivity contribution in [2.45, 2.75) is 64.1 Å². The number of likely N-dealkylation sites (tertiary alicyclic amines) is 1. The average molecular weight is 546 g/mol. The van der Waals surface area contributed by atoms with Crippen LogP contribution in [0.25, 0.3) is 0 Å². The van der Waals surface area contributed by atoms with E-state index in [9.17, 15) is 31.5 Å². The summed E-state index contributed by atoms with van der Waals surface area (Å²) in [7, 11) is -2.37. The smallest absolute Gasteiger partial charge is 0.410 e. The Morgan fingerprint density at radius 2 is 1.49 bits per heavy atom. The third-order valence-electron chi connectivity index (χ3n) is 6.61. The molecule has 1 heterocycles. The second kappa shape index (κ2) is 10.8. The highest BCUT2D eigenvalue weighted by molar-refractivity contribution is 6.74. The van der Waals surface area contributed by atoms with Crippen LogP contribution in [0, 0.1) is 29.1 Å². The zero-order chi connectivity index (χ0) is 27.7. The predicted octanol–water partition coefficient (Wildman–Crippen LogP) is 6.09. The predicted molar refractivity (Wildman–Crippen MR) is 126 cm³/mol. The fraction of sp³-hybridized carbons (Fsp3) is 0.440. The molecule has 202 valence electrons. The first-order valence-electron chi connectivity index (χ1n) is 11.5. The van der Waals surface area contributed by atoms with E-state index in [0.717, 1.165) is 4.90 Å². The van der Waals surface area contributed by atoms with Gasteiger partial charge in [0, 0.05) is 13.0 Å². The zero-order valence-electron chi connectivity index (χ0n) is 21.0. The molecule has 2 atom stereocenters. The zero-order valence-corrected chi connectivity index (χ0v) is 22.0. The SMILES string of the molecule is CC(C)(C)[Si](C)(C)O[C@H]1C[C@@H](C(=O)Oc2c(F)c(F)c(F)c(F)c2F)N(C(=O)OCc2ccccc2)C1. The van der Waals surface area contributed by atoms with E-state index in [0.29, 0.717) is 5.56 Å². The van der Waals surface area contributed by atoms with Crippen LogP contribution in [-0.4, -0.2) is 44.0 Å². The lowest BCUT2D eigenvalue weighted by Crippen LogP contribution is -2.45. The molecule has 3 rings (SSSR count). The number of hydrogen-bond donors (Lipinski definition) is 0. The van der Waals surface area contributed by atoms with E-state index in [4.69, 9.17) is 9.16 Å². The van der Waals surface area contributed by atoms with Gasteiger partial charge in [-0.25, -0.2) is 22.8 Å². The number of amides is 1. The summed E-state index contributed by atoms with van der Waals surface area (Å²) in [5.74, 6) is -14.6. The largest absolute Gasteiger partial charge is 0.445 e. The molecule has 6 nitrogen and oxygen atoms in total. The second-order valence-electron chi connectivity index (χ2n) is 10.3. The molecule has 12 heteroatoms. The topological polar surface area (TPSA) is 65.1 Å². The molecule has 0 bridgehead atoms. The van der Waals surface area contributed by atoms with Crippen molar-refractivity contribution >= 4 is 20.4 Å². The number of benzene rings is 2. The van der Waals surface area contributed by atoms with Crippen molar-refractivity contribution in [2.24, 2.45) is 0 Å². The molecule has 0 aliphatic carbocycles. The lowest BCUT2D eigenvalue weighted by molar-refractivity contribution is -0.139. The van der Waals surface area contributed by atoms with E-state index in [1.54, 1.807) is 30.3 Å². The molecule has 2 aromatic rings. The molecular weight excluding hydrogens is 517 g/mol. The van der Waals surface area contributed by atoms with Gasteiger partial charge in [0.25, 0.3) is 0 Å². The summed E-state index contributed by atoms with van der Waals surface area (Å²) < 4.78 is 85.1. The van der Waals surface area contributed by atoms with E-state index in [-0.39, 0.29) is 24.6 Å². The summed E-state index contributed by atoms with van der Waals surface area (Å²) in [4.78, 5) is 26.8. The quantitative estimate of drug-likeness (QED) is 0.110. The first-order chi connectivity index (χ1) is 17.1. The van der Waals surface area contributed by atoms with Crippen LogP contribution in [-0.2, 0) is 20.6 Å². The van der Waals surface area contributed by atoms with E-state index in [1.807, 2.05) is 33.9 Å². The van der Waals surface area contributed by atoms with Gasteiger partial charge >= 0.3 is 12.1 Å². The molecule has 1 amide bonds. The van der Waals surface area contributed by atoms with Gasteiger partial charge in [0.1, 0.15) is 12.6 Å². The van der Waals surface area contributed by atoms with Crippen molar-refractivity contribution in [3.8, 4) is 5.75 Å². The monoisotopic (exact) mass is 545 g/mol. The molecule has 37 heavy (non-hydrogen) atoms. The summed E-state index contributed by atoms with van der Waals surface area (Å²) in [6.45, 7) is 9.69. The Kier molecular flexibility index (Phi) is 8.33. The Labute approximate surface area is 212 Å². The molecule has 0 unspecified atom stereocenters. The van der Waals surface area contributed by atoms with Gasteiger partial charge in [0.15, 0.2) is 8.32 Å². The lowest BCUT2D eigenvalue weighted by atomic mass is 10.2. The van der Waals surface area contributed by atoms with E-state index < -0.39 is 67.4 Å². The number of carbonyl (C=O) groups is 2. The molecule has 0 N–H and O–H groups in total. The van der Waals surface area contributed by atoms with Crippen molar-refractivity contribution in [3.05, 3.63) is 65.0 Å². The first kappa shape index (κ1) is 28.6. The van der Waals surface area contributed by atoms with Crippen LogP contribution in [0.4, 0.5) is 26.7 Å². The molecule has 1 aliphatic heterocycles. The highest BCUT2D eigenvalue weighted by Gasteiger charge is 2.47. The molecule has 0 saturated carbocycles. The summed E-state index contributed by atoms with van der Waals surface area (Å²) in [6.07, 6.45) is -1.70. The maximum atomic E-state index is 14.1. The molecule has 0 radical (unpaired) electrons. The minimum Gasteiger partial charge on any atom is -0.445 e. The van der Waals surface area contributed by atoms with Crippen molar-refractivity contribution in [3.63, 3.8) is 0 Å². The Morgan fingerprint density at radius 3 is 2.03 bits per heavy atom. The van der Waals surface area contributed by atoms with Gasteiger partial charge in [-0.1, -0.05) is 51.1 Å². The van der Waals surface area contributed by atoms with Crippen LogP contribution >= 0.6 is 0 Å². The number of carbonyl (C=O) groups excluding carboxylic acids is 2. The average Bonchev–Trinajstić information content (AvgIpc) is 3.26. The standard InChI is InChI=1S/C25H28F5NO5Si/c1-25(2,3)37(4,5)36-15-11-16(31(12-15)24(33)34-13-14-9-7-6-8-10-14)23(32)35-22-20(29)18(27)17(26)19(28)21(22)30/h6-10,15-16H,11-13H2,1-5H3/t15-,16-/m0/s1. The fourth-order valence-electron chi connectivity index (χ4n) is 3.55. The maximum absolute atomic E-state index is 14.1. The van der Waals surface area contributed by atoms with Crippen molar-refractivity contribution in [1.82, 2.24) is 4.90 Å². The normalized spacial score (nSPS) is 18.2. The minimum atomic E-state index is -2.38. The van der Waals surface area contributed by atoms with Gasteiger partial charge in [-0.2, -0.15) is 8.78 Å². The van der Waals surface area contributed by atoms with Gasteiger partial charge in [-0.15, -0.1) is 0 Å². The Morgan fingerprint density at radius 1 is 0.946 bits per heavy atom. The molecule has 1 aliphatic rings. The second-order valence-corrected chi connectivity index (χ2v) is 15.0. The number of esters is 1.